The van der Waals surface area contributed by atoms with Gasteiger partial charge in [0.15, 0.2) is 0 Å². The third kappa shape index (κ3) is 5.34. The molecule has 7 heteroatoms. The molecule has 1 heterocycles. The summed E-state index contributed by atoms with van der Waals surface area (Å²) in [7, 11) is 1.25. The first-order chi connectivity index (χ1) is 9.85. The molecule has 7 nitrogen and oxygen atoms in total. The van der Waals surface area contributed by atoms with Crippen LogP contribution in [0.1, 0.15) is 33.1 Å². The molecule has 120 valence electrons. The molecule has 21 heavy (non-hydrogen) atoms. The molecule has 0 aromatic carbocycles. The number of carbonyl (C=O) groups is 3. The SMILES string of the molecule is COC(=O)[C@H](C[C@@H]1CCNC1=O)NC(=O)[C@@H](N)CC(C)C. The van der Waals surface area contributed by atoms with Gasteiger partial charge >= 0.3 is 5.97 Å². The molecule has 0 saturated carbocycles. The molecule has 0 aromatic rings. The van der Waals surface area contributed by atoms with Gasteiger partial charge in [0.25, 0.3) is 0 Å². The highest BCUT2D eigenvalue weighted by Crippen LogP contribution is 2.17. The molecule has 0 aromatic heterocycles. The maximum Gasteiger partial charge on any atom is 0.328 e. The van der Waals surface area contributed by atoms with Crippen molar-refractivity contribution in [3.8, 4) is 0 Å². The number of nitrogens with one attached hydrogen (secondary N) is 2. The van der Waals surface area contributed by atoms with Crippen LogP contribution >= 0.6 is 0 Å². The second kappa shape index (κ2) is 7.97. The summed E-state index contributed by atoms with van der Waals surface area (Å²) in [6.45, 7) is 4.53. The fraction of sp³-hybridized carbons (Fsp3) is 0.786. The highest BCUT2D eigenvalue weighted by Gasteiger charge is 2.32. The number of amides is 2. The van der Waals surface area contributed by atoms with Crippen LogP contribution in [0.5, 0.6) is 0 Å². The van der Waals surface area contributed by atoms with Crippen LogP contribution in [-0.4, -0.2) is 43.5 Å². The Bertz CT molecular complexity index is 398. The predicted molar refractivity (Wildman–Crippen MR) is 77.1 cm³/mol. The summed E-state index contributed by atoms with van der Waals surface area (Å²) in [5.41, 5.74) is 5.80. The molecule has 0 unspecified atom stereocenters. The largest absolute Gasteiger partial charge is 0.467 e. The van der Waals surface area contributed by atoms with Gasteiger partial charge in [-0.15, -0.1) is 0 Å². The van der Waals surface area contributed by atoms with E-state index < -0.39 is 24.0 Å². The van der Waals surface area contributed by atoms with Crippen molar-refractivity contribution in [2.45, 2.75) is 45.2 Å². The molecular weight excluding hydrogens is 274 g/mol. The maximum absolute atomic E-state index is 12.0. The summed E-state index contributed by atoms with van der Waals surface area (Å²) in [5.74, 6) is -1.04. The molecule has 1 saturated heterocycles. The number of hydrogen-bond acceptors (Lipinski definition) is 5. The Morgan fingerprint density at radius 1 is 1.48 bits per heavy atom. The summed E-state index contributed by atoms with van der Waals surface area (Å²) in [6, 6.07) is -1.51. The molecule has 0 bridgehead atoms. The quantitative estimate of drug-likeness (QED) is 0.551. The minimum absolute atomic E-state index is 0.0929. The van der Waals surface area contributed by atoms with E-state index >= 15 is 0 Å². The highest BCUT2D eigenvalue weighted by molar-refractivity contribution is 5.88. The van der Waals surface area contributed by atoms with Crippen LogP contribution in [-0.2, 0) is 19.1 Å². The Kier molecular flexibility index (Phi) is 6.61. The van der Waals surface area contributed by atoms with Crippen LogP contribution in [0.15, 0.2) is 0 Å². The molecule has 0 aliphatic carbocycles. The summed E-state index contributed by atoms with van der Waals surface area (Å²) in [5, 5.41) is 5.31. The minimum Gasteiger partial charge on any atom is -0.467 e. The van der Waals surface area contributed by atoms with Gasteiger partial charge in [-0.1, -0.05) is 13.8 Å². The van der Waals surface area contributed by atoms with Crippen molar-refractivity contribution in [2.24, 2.45) is 17.6 Å². The van der Waals surface area contributed by atoms with Gasteiger partial charge in [-0.25, -0.2) is 4.79 Å². The number of hydrogen-bond donors (Lipinski definition) is 3. The van der Waals surface area contributed by atoms with Crippen LogP contribution in [0.4, 0.5) is 0 Å². The van der Waals surface area contributed by atoms with Crippen molar-refractivity contribution in [1.82, 2.24) is 10.6 Å². The van der Waals surface area contributed by atoms with Crippen LogP contribution in [0, 0.1) is 11.8 Å². The first-order valence-electron chi connectivity index (χ1n) is 7.26. The Balaban J connectivity index is 2.63. The third-order valence-electron chi connectivity index (χ3n) is 3.55. The van der Waals surface area contributed by atoms with Crippen LogP contribution in [0.3, 0.4) is 0 Å². The van der Waals surface area contributed by atoms with E-state index in [1.54, 1.807) is 0 Å². The lowest BCUT2D eigenvalue weighted by molar-refractivity contribution is -0.146. The fourth-order valence-corrected chi connectivity index (χ4v) is 2.40. The molecule has 1 rings (SSSR count). The highest BCUT2D eigenvalue weighted by atomic mass is 16.5. The average Bonchev–Trinajstić information content (AvgIpc) is 2.81. The van der Waals surface area contributed by atoms with Gasteiger partial charge in [0.1, 0.15) is 6.04 Å². The van der Waals surface area contributed by atoms with Crippen LogP contribution < -0.4 is 16.4 Å². The van der Waals surface area contributed by atoms with Gasteiger partial charge in [-0.2, -0.15) is 0 Å². The van der Waals surface area contributed by atoms with Crippen molar-refractivity contribution in [1.29, 1.82) is 0 Å². The zero-order valence-corrected chi connectivity index (χ0v) is 12.8. The molecule has 1 fully saturated rings. The number of methoxy groups -OCH3 is 1. The van der Waals surface area contributed by atoms with E-state index in [1.165, 1.54) is 7.11 Å². The normalized spacial score (nSPS) is 20.8. The topological polar surface area (TPSA) is 111 Å². The minimum atomic E-state index is -0.838. The molecule has 0 radical (unpaired) electrons. The average molecular weight is 299 g/mol. The molecule has 1 aliphatic rings. The molecule has 1 aliphatic heterocycles. The van der Waals surface area contributed by atoms with E-state index in [4.69, 9.17) is 10.5 Å². The zero-order chi connectivity index (χ0) is 16.0. The molecule has 4 N–H and O–H groups in total. The monoisotopic (exact) mass is 299 g/mol. The second-order valence-corrected chi connectivity index (χ2v) is 5.83. The molecule has 0 spiro atoms. The lowest BCUT2D eigenvalue weighted by Gasteiger charge is -2.21. The maximum atomic E-state index is 12.0. The van der Waals surface area contributed by atoms with Gasteiger partial charge in [0.05, 0.1) is 13.2 Å². The van der Waals surface area contributed by atoms with Crippen LogP contribution in [0.25, 0.3) is 0 Å². The standard InChI is InChI=1S/C14H25N3O4/c1-8(2)6-10(15)13(19)17-11(14(20)21-3)7-9-4-5-16-12(9)18/h8-11H,4-7,15H2,1-3H3,(H,16,18)(H,17,19)/t9-,10-,11-/m0/s1. The zero-order valence-electron chi connectivity index (χ0n) is 12.8. The lowest BCUT2D eigenvalue weighted by Crippen LogP contribution is -2.50. The van der Waals surface area contributed by atoms with Crippen molar-refractivity contribution < 1.29 is 19.1 Å². The van der Waals surface area contributed by atoms with Gasteiger partial charge < -0.3 is 21.1 Å². The van der Waals surface area contributed by atoms with Crippen LogP contribution in [0.2, 0.25) is 0 Å². The third-order valence-corrected chi connectivity index (χ3v) is 3.55. The molecule has 3 atom stereocenters. The Morgan fingerprint density at radius 3 is 2.62 bits per heavy atom. The molecular formula is C14H25N3O4. The lowest BCUT2D eigenvalue weighted by atomic mass is 9.97. The number of ether oxygens (including phenoxy) is 1. The second-order valence-electron chi connectivity index (χ2n) is 5.83. The molecule has 2 amide bonds. The van der Waals surface area contributed by atoms with E-state index in [0.29, 0.717) is 19.4 Å². The summed E-state index contributed by atoms with van der Waals surface area (Å²) < 4.78 is 4.69. The van der Waals surface area contributed by atoms with E-state index in [9.17, 15) is 14.4 Å². The van der Waals surface area contributed by atoms with Gasteiger partial charge in [-0.3, -0.25) is 9.59 Å². The van der Waals surface area contributed by atoms with Crippen molar-refractivity contribution in [2.75, 3.05) is 13.7 Å². The van der Waals surface area contributed by atoms with E-state index in [-0.39, 0.29) is 24.2 Å². The summed E-state index contributed by atoms with van der Waals surface area (Å²) >= 11 is 0. The number of rotatable bonds is 7. The predicted octanol–water partition coefficient (Wildman–Crippen LogP) is -0.456. The Hall–Kier alpha value is -1.63. The van der Waals surface area contributed by atoms with E-state index in [1.807, 2.05) is 13.8 Å². The van der Waals surface area contributed by atoms with Gasteiger partial charge in [-0.05, 0) is 25.2 Å². The van der Waals surface area contributed by atoms with Gasteiger partial charge in [0, 0.05) is 12.5 Å². The summed E-state index contributed by atoms with van der Waals surface area (Å²) in [6.07, 6.45) is 1.42. The number of esters is 1. The summed E-state index contributed by atoms with van der Waals surface area (Å²) in [4.78, 5) is 35.4. The van der Waals surface area contributed by atoms with E-state index in [2.05, 4.69) is 10.6 Å². The number of nitrogens with two attached hydrogens (primary N) is 1. The number of carbonyl (C=O) groups excluding carboxylic acids is 3. The van der Waals surface area contributed by atoms with E-state index in [0.717, 1.165) is 0 Å². The van der Waals surface area contributed by atoms with Gasteiger partial charge in [0.2, 0.25) is 11.8 Å². The Labute approximate surface area is 125 Å². The first-order valence-corrected chi connectivity index (χ1v) is 7.26. The fourth-order valence-electron chi connectivity index (χ4n) is 2.40. The van der Waals surface area contributed by atoms with Crippen molar-refractivity contribution in [3.63, 3.8) is 0 Å². The van der Waals surface area contributed by atoms with Crippen molar-refractivity contribution >= 4 is 17.8 Å². The van der Waals surface area contributed by atoms with Crippen molar-refractivity contribution in [3.05, 3.63) is 0 Å². The first kappa shape index (κ1) is 17.4. The Morgan fingerprint density at radius 2 is 2.14 bits per heavy atom. The smallest absolute Gasteiger partial charge is 0.328 e.